The number of nitrogens with one attached hydrogen (secondary N) is 1. The zero-order valence-corrected chi connectivity index (χ0v) is 18.8. The Balaban J connectivity index is 1.66. The monoisotopic (exact) mass is 482 g/mol. The minimum Gasteiger partial charge on any atom is -0.494 e. The van der Waals surface area contributed by atoms with Crippen LogP contribution < -0.4 is 15.0 Å². The Kier molecular flexibility index (Phi) is 5.96. The van der Waals surface area contributed by atoms with Gasteiger partial charge in [-0.1, -0.05) is 41.7 Å². The third-order valence-corrected chi connectivity index (χ3v) is 6.02. The number of hydrogen-bond acceptors (Lipinski definition) is 6. The molecule has 152 valence electrons. The predicted molar refractivity (Wildman–Crippen MR) is 125 cm³/mol. The van der Waals surface area contributed by atoms with Crippen molar-refractivity contribution < 1.29 is 9.53 Å². The van der Waals surface area contributed by atoms with Crippen LogP contribution in [0.15, 0.2) is 65.4 Å². The molecule has 6 nitrogen and oxygen atoms in total. The first-order chi connectivity index (χ1) is 14.5. The first-order valence-corrected chi connectivity index (χ1v) is 10.8. The molecule has 2 heterocycles. The molecular weight excluding hydrogens is 464 g/mol. The lowest BCUT2D eigenvalue weighted by Crippen LogP contribution is -2.16. The maximum absolute atomic E-state index is 12.6. The second-order valence-electron chi connectivity index (χ2n) is 6.65. The molecule has 8 heteroatoms. The average molecular weight is 483 g/mol. The molecule has 0 aliphatic heterocycles. The Morgan fingerprint density at radius 3 is 2.73 bits per heavy atom. The van der Waals surface area contributed by atoms with Crippen LogP contribution in [-0.4, -0.2) is 30.0 Å². The number of nitrogens with zero attached hydrogens (tertiary/aromatic N) is 3. The molecule has 0 saturated carbocycles. The van der Waals surface area contributed by atoms with Crippen LogP contribution in [-0.2, 0) is 6.54 Å². The van der Waals surface area contributed by atoms with E-state index in [0.717, 1.165) is 22.4 Å². The van der Waals surface area contributed by atoms with E-state index in [1.54, 1.807) is 25.4 Å². The van der Waals surface area contributed by atoms with Gasteiger partial charge in [-0.2, -0.15) is 0 Å². The highest BCUT2D eigenvalue weighted by molar-refractivity contribution is 9.10. The highest BCUT2D eigenvalue weighted by Crippen LogP contribution is 2.39. The molecule has 0 spiro atoms. The number of fused-ring (bicyclic) bond motifs is 1. The predicted octanol–water partition coefficient (Wildman–Crippen LogP) is 5.35. The van der Waals surface area contributed by atoms with Gasteiger partial charge in [0.05, 0.1) is 17.5 Å². The van der Waals surface area contributed by atoms with Crippen molar-refractivity contribution in [1.82, 2.24) is 9.97 Å². The van der Waals surface area contributed by atoms with E-state index in [1.807, 2.05) is 37.4 Å². The summed E-state index contributed by atoms with van der Waals surface area (Å²) in [6.45, 7) is 0.757. The summed E-state index contributed by atoms with van der Waals surface area (Å²) >= 11 is 4.72. The van der Waals surface area contributed by atoms with Crippen molar-refractivity contribution in [2.75, 3.05) is 24.4 Å². The van der Waals surface area contributed by atoms with Gasteiger partial charge >= 0.3 is 0 Å². The summed E-state index contributed by atoms with van der Waals surface area (Å²) in [5.41, 5.74) is 3.47. The largest absolute Gasteiger partial charge is 0.494 e. The van der Waals surface area contributed by atoms with Crippen molar-refractivity contribution in [3.8, 4) is 5.75 Å². The molecule has 0 fully saturated rings. The van der Waals surface area contributed by atoms with Gasteiger partial charge in [0.25, 0.3) is 5.91 Å². The van der Waals surface area contributed by atoms with E-state index >= 15 is 0 Å². The van der Waals surface area contributed by atoms with Gasteiger partial charge in [-0.15, -0.1) is 0 Å². The topological polar surface area (TPSA) is 67.3 Å². The zero-order chi connectivity index (χ0) is 21.1. The second-order valence-corrected chi connectivity index (χ2v) is 8.46. The quantitative estimate of drug-likeness (QED) is 0.375. The molecule has 0 atom stereocenters. The van der Waals surface area contributed by atoms with Crippen LogP contribution in [0.5, 0.6) is 5.75 Å². The first-order valence-electron chi connectivity index (χ1n) is 9.20. The zero-order valence-electron chi connectivity index (χ0n) is 16.4. The number of benzene rings is 2. The summed E-state index contributed by atoms with van der Waals surface area (Å²) in [5, 5.41) is 3.40. The van der Waals surface area contributed by atoms with Gasteiger partial charge in [-0.25, -0.2) is 9.97 Å². The van der Waals surface area contributed by atoms with Crippen LogP contribution in [0.25, 0.3) is 10.2 Å². The normalized spacial score (nSPS) is 10.8. The summed E-state index contributed by atoms with van der Waals surface area (Å²) in [4.78, 5) is 23.5. The Morgan fingerprint density at radius 2 is 2.00 bits per heavy atom. The lowest BCUT2D eigenvalue weighted by atomic mass is 10.2. The third-order valence-electron chi connectivity index (χ3n) is 4.59. The standard InChI is InChI=1S/C22H19BrN4O2S/c1-27(13-14-6-4-3-5-7-14)16-8-9-17(29-2)19-20(16)30-22(25-19)26-21(28)15-10-11-24-18(23)12-15/h3-12H,13H2,1-2H3,(H,25,26,28). The Hall–Kier alpha value is -2.97. The number of carbonyl (C=O) groups is 1. The summed E-state index contributed by atoms with van der Waals surface area (Å²) < 4.78 is 7.06. The molecule has 0 aliphatic carbocycles. The van der Waals surface area contributed by atoms with Gasteiger partial charge in [0.1, 0.15) is 15.9 Å². The maximum Gasteiger partial charge on any atom is 0.257 e. The van der Waals surface area contributed by atoms with E-state index in [0.29, 0.717) is 21.0 Å². The Bertz CT molecular complexity index is 1200. The first kappa shape index (κ1) is 20.3. The van der Waals surface area contributed by atoms with Crippen molar-refractivity contribution in [3.63, 3.8) is 0 Å². The molecule has 30 heavy (non-hydrogen) atoms. The van der Waals surface area contributed by atoms with Crippen LogP contribution in [0.1, 0.15) is 15.9 Å². The fraction of sp³-hybridized carbons (Fsp3) is 0.136. The molecule has 0 saturated heterocycles. The molecule has 2 aromatic carbocycles. The molecule has 0 bridgehead atoms. The molecule has 4 aromatic rings. The number of anilines is 2. The highest BCUT2D eigenvalue weighted by Gasteiger charge is 2.17. The summed E-state index contributed by atoms with van der Waals surface area (Å²) in [5.74, 6) is 0.431. The maximum atomic E-state index is 12.6. The number of methoxy groups -OCH3 is 1. The van der Waals surface area contributed by atoms with Crippen LogP contribution in [0.2, 0.25) is 0 Å². The van der Waals surface area contributed by atoms with Gasteiger partial charge in [-0.3, -0.25) is 10.1 Å². The lowest BCUT2D eigenvalue weighted by Gasteiger charge is -2.20. The van der Waals surface area contributed by atoms with Crippen molar-refractivity contribution in [1.29, 1.82) is 0 Å². The fourth-order valence-electron chi connectivity index (χ4n) is 3.14. The van der Waals surface area contributed by atoms with E-state index in [9.17, 15) is 4.79 Å². The minimum absolute atomic E-state index is 0.240. The number of pyridine rings is 1. The van der Waals surface area contributed by atoms with Crippen LogP contribution >= 0.6 is 27.3 Å². The number of ether oxygens (including phenoxy) is 1. The van der Waals surface area contributed by atoms with Crippen molar-refractivity contribution in [2.45, 2.75) is 6.54 Å². The van der Waals surface area contributed by atoms with E-state index in [-0.39, 0.29) is 5.91 Å². The van der Waals surface area contributed by atoms with E-state index < -0.39 is 0 Å². The van der Waals surface area contributed by atoms with Crippen molar-refractivity contribution >= 4 is 54.2 Å². The molecule has 0 radical (unpaired) electrons. The molecule has 0 aliphatic rings. The molecule has 4 rings (SSSR count). The lowest BCUT2D eigenvalue weighted by molar-refractivity contribution is 0.102. The Labute approximate surface area is 186 Å². The second kappa shape index (κ2) is 8.81. The summed E-state index contributed by atoms with van der Waals surface area (Å²) in [6, 6.07) is 17.5. The summed E-state index contributed by atoms with van der Waals surface area (Å²) in [7, 11) is 3.66. The SMILES string of the molecule is COc1ccc(N(C)Cc2ccccc2)c2sc(NC(=O)c3ccnc(Br)c3)nc12. The van der Waals surface area contributed by atoms with Gasteiger partial charge in [0.2, 0.25) is 0 Å². The van der Waals surface area contributed by atoms with Crippen LogP contribution in [0.3, 0.4) is 0 Å². The third kappa shape index (κ3) is 4.29. The molecular formula is C22H19BrN4O2S. The average Bonchev–Trinajstić information content (AvgIpc) is 3.17. The molecule has 1 N–H and O–H groups in total. The number of rotatable bonds is 6. The fourth-order valence-corrected chi connectivity index (χ4v) is 4.55. The minimum atomic E-state index is -0.240. The number of amides is 1. The van der Waals surface area contributed by atoms with Crippen LogP contribution in [0, 0.1) is 0 Å². The summed E-state index contributed by atoms with van der Waals surface area (Å²) in [6.07, 6.45) is 1.58. The molecule has 0 unspecified atom stereocenters. The molecule has 2 aromatic heterocycles. The van der Waals surface area contributed by atoms with E-state index in [1.165, 1.54) is 16.9 Å². The smallest absolute Gasteiger partial charge is 0.257 e. The number of halogens is 1. The molecule has 1 amide bonds. The van der Waals surface area contributed by atoms with E-state index in [4.69, 9.17) is 4.74 Å². The number of hydrogen-bond donors (Lipinski definition) is 1. The van der Waals surface area contributed by atoms with Crippen molar-refractivity contribution in [3.05, 3.63) is 76.5 Å². The van der Waals surface area contributed by atoms with Gasteiger partial charge in [0, 0.05) is 25.4 Å². The van der Waals surface area contributed by atoms with Crippen LogP contribution in [0.4, 0.5) is 10.8 Å². The Morgan fingerprint density at radius 1 is 1.20 bits per heavy atom. The van der Waals surface area contributed by atoms with Gasteiger partial charge < -0.3 is 9.64 Å². The van der Waals surface area contributed by atoms with Crippen molar-refractivity contribution in [2.24, 2.45) is 0 Å². The highest BCUT2D eigenvalue weighted by atomic mass is 79.9. The van der Waals surface area contributed by atoms with Gasteiger partial charge in [0.15, 0.2) is 5.13 Å². The number of thiazole rings is 1. The van der Waals surface area contributed by atoms with E-state index in [2.05, 4.69) is 48.2 Å². The number of carbonyl (C=O) groups excluding carboxylic acids is 1. The number of aromatic nitrogens is 2. The van der Waals surface area contributed by atoms with Gasteiger partial charge in [-0.05, 0) is 45.8 Å².